The van der Waals surface area contributed by atoms with E-state index in [1.54, 1.807) is 0 Å². The number of hydrogen-bond donors (Lipinski definition) is 1. The van der Waals surface area contributed by atoms with Gasteiger partial charge in [-0.15, -0.1) is 0 Å². The van der Waals surface area contributed by atoms with Crippen LogP contribution < -0.4 is 5.32 Å². The van der Waals surface area contributed by atoms with Gasteiger partial charge in [0.25, 0.3) is 0 Å². The Morgan fingerprint density at radius 3 is 2.50 bits per heavy atom. The maximum absolute atomic E-state index is 6.07. The van der Waals surface area contributed by atoms with E-state index in [9.17, 15) is 0 Å². The van der Waals surface area contributed by atoms with Crippen molar-refractivity contribution in [3.8, 4) is 0 Å². The lowest BCUT2D eigenvalue weighted by atomic mass is 10.0. The van der Waals surface area contributed by atoms with Crippen molar-refractivity contribution >= 4 is 0 Å². The maximum Gasteiger partial charge on any atom is 0.0706 e. The van der Waals surface area contributed by atoms with Gasteiger partial charge in [0.15, 0.2) is 0 Å². The second-order valence-electron chi connectivity index (χ2n) is 7.18. The SMILES string of the molecule is CC1CN(C(C)C)CC(CCC2CN(C)CC(C)O2)N1. The number of nitrogens with zero attached hydrogens (tertiary/aromatic N) is 2. The third-order valence-electron chi connectivity index (χ3n) is 4.56. The largest absolute Gasteiger partial charge is 0.373 e. The van der Waals surface area contributed by atoms with E-state index in [4.69, 9.17) is 4.74 Å². The molecule has 0 bridgehead atoms. The van der Waals surface area contributed by atoms with Crippen LogP contribution in [0.3, 0.4) is 0 Å². The molecule has 4 unspecified atom stereocenters. The van der Waals surface area contributed by atoms with E-state index in [0.717, 1.165) is 13.1 Å². The molecule has 2 aliphatic rings. The number of hydrogen-bond acceptors (Lipinski definition) is 4. The van der Waals surface area contributed by atoms with Crippen LogP contribution in [0.1, 0.15) is 40.5 Å². The Morgan fingerprint density at radius 2 is 1.85 bits per heavy atom. The smallest absolute Gasteiger partial charge is 0.0706 e. The molecule has 0 aliphatic carbocycles. The van der Waals surface area contributed by atoms with Gasteiger partial charge in [-0.1, -0.05) is 0 Å². The van der Waals surface area contributed by atoms with Gasteiger partial charge in [0.2, 0.25) is 0 Å². The molecule has 0 saturated carbocycles. The summed E-state index contributed by atoms with van der Waals surface area (Å²) in [6, 6.07) is 1.87. The second kappa shape index (κ2) is 7.21. The van der Waals surface area contributed by atoms with E-state index >= 15 is 0 Å². The molecule has 1 N–H and O–H groups in total. The molecule has 4 heteroatoms. The monoisotopic (exact) mass is 283 g/mol. The van der Waals surface area contributed by atoms with Crippen LogP contribution in [0.25, 0.3) is 0 Å². The maximum atomic E-state index is 6.07. The normalized spacial score (nSPS) is 37.5. The standard InChI is InChI=1S/C16H33N3O/c1-12(2)19-8-13(3)17-15(10-19)6-7-16-11-18(5)9-14(4)20-16/h12-17H,6-11H2,1-5H3. The predicted molar refractivity (Wildman–Crippen MR) is 84.2 cm³/mol. The van der Waals surface area contributed by atoms with E-state index in [1.807, 2.05) is 0 Å². The van der Waals surface area contributed by atoms with Gasteiger partial charge in [0.05, 0.1) is 12.2 Å². The van der Waals surface area contributed by atoms with Crippen LogP contribution in [0, 0.1) is 0 Å². The second-order valence-corrected chi connectivity index (χ2v) is 7.18. The first-order valence-electron chi connectivity index (χ1n) is 8.28. The number of piperazine rings is 1. The first kappa shape index (κ1) is 16.2. The topological polar surface area (TPSA) is 27.7 Å². The van der Waals surface area contributed by atoms with E-state index < -0.39 is 0 Å². The summed E-state index contributed by atoms with van der Waals surface area (Å²) in [7, 11) is 2.20. The van der Waals surface area contributed by atoms with Crippen molar-refractivity contribution in [2.45, 2.75) is 70.9 Å². The molecular formula is C16H33N3O. The quantitative estimate of drug-likeness (QED) is 0.847. The van der Waals surface area contributed by atoms with Crippen LogP contribution in [0.2, 0.25) is 0 Å². The predicted octanol–water partition coefficient (Wildman–Crippen LogP) is 1.56. The molecule has 0 aromatic heterocycles. The molecule has 0 spiro atoms. The molecule has 20 heavy (non-hydrogen) atoms. The van der Waals surface area contributed by atoms with Crippen LogP contribution in [0.15, 0.2) is 0 Å². The first-order valence-corrected chi connectivity index (χ1v) is 8.28. The fourth-order valence-electron chi connectivity index (χ4n) is 3.64. The molecule has 2 fully saturated rings. The van der Waals surface area contributed by atoms with E-state index in [-0.39, 0.29) is 0 Å². The van der Waals surface area contributed by atoms with Crippen molar-refractivity contribution in [1.29, 1.82) is 0 Å². The van der Waals surface area contributed by atoms with Gasteiger partial charge in [0.1, 0.15) is 0 Å². The summed E-state index contributed by atoms with van der Waals surface area (Å²) < 4.78 is 6.07. The summed E-state index contributed by atoms with van der Waals surface area (Å²) in [4.78, 5) is 5.00. The number of morpholine rings is 1. The van der Waals surface area contributed by atoms with Crippen LogP contribution in [0.4, 0.5) is 0 Å². The molecule has 0 radical (unpaired) electrons. The third kappa shape index (κ3) is 4.69. The summed E-state index contributed by atoms with van der Waals surface area (Å²) in [6.07, 6.45) is 3.18. The van der Waals surface area contributed by atoms with Crippen LogP contribution in [0.5, 0.6) is 0 Å². The van der Waals surface area contributed by atoms with Crippen LogP contribution in [-0.2, 0) is 4.74 Å². The van der Waals surface area contributed by atoms with Crippen LogP contribution in [-0.4, -0.2) is 73.4 Å². The molecule has 2 saturated heterocycles. The van der Waals surface area contributed by atoms with Gasteiger partial charge in [-0.2, -0.15) is 0 Å². The lowest BCUT2D eigenvalue weighted by molar-refractivity contribution is -0.0745. The van der Waals surface area contributed by atoms with Crippen molar-refractivity contribution in [2.24, 2.45) is 0 Å². The lowest BCUT2D eigenvalue weighted by Crippen LogP contribution is -2.57. The van der Waals surface area contributed by atoms with Gasteiger partial charge < -0.3 is 15.0 Å². The molecule has 4 atom stereocenters. The molecule has 2 heterocycles. The molecular weight excluding hydrogens is 250 g/mol. The lowest BCUT2D eigenvalue weighted by Gasteiger charge is -2.41. The minimum Gasteiger partial charge on any atom is -0.373 e. The summed E-state index contributed by atoms with van der Waals surface area (Å²) in [5.74, 6) is 0. The fourth-order valence-corrected chi connectivity index (χ4v) is 3.64. The van der Waals surface area contributed by atoms with Gasteiger partial charge in [0, 0.05) is 44.3 Å². The molecule has 2 aliphatic heterocycles. The van der Waals surface area contributed by atoms with E-state index in [1.165, 1.54) is 25.9 Å². The Labute approximate surface area is 124 Å². The summed E-state index contributed by atoms with van der Waals surface area (Å²) in [5, 5.41) is 3.75. The zero-order valence-electron chi connectivity index (χ0n) is 13.9. The van der Waals surface area contributed by atoms with Gasteiger partial charge in [-0.05, 0) is 47.6 Å². The zero-order valence-corrected chi connectivity index (χ0v) is 13.9. The molecule has 2 rings (SSSR count). The average molecular weight is 283 g/mol. The molecule has 118 valence electrons. The number of rotatable bonds is 4. The first-order chi connectivity index (χ1) is 9.44. The highest BCUT2D eigenvalue weighted by molar-refractivity contribution is 4.86. The van der Waals surface area contributed by atoms with Gasteiger partial charge >= 0.3 is 0 Å². The third-order valence-corrected chi connectivity index (χ3v) is 4.56. The fraction of sp³-hybridized carbons (Fsp3) is 1.00. The zero-order chi connectivity index (χ0) is 14.7. The highest BCUT2D eigenvalue weighted by Gasteiger charge is 2.28. The molecule has 4 nitrogen and oxygen atoms in total. The number of ether oxygens (including phenoxy) is 1. The Balaban J connectivity index is 1.78. The molecule has 0 amide bonds. The Hall–Kier alpha value is -0.160. The minimum atomic E-state index is 0.379. The van der Waals surface area contributed by atoms with E-state index in [0.29, 0.717) is 30.3 Å². The van der Waals surface area contributed by atoms with Crippen molar-refractivity contribution < 1.29 is 4.74 Å². The van der Waals surface area contributed by atoms with E-state index in [2.05, 4.69) is 49.9 Å². The van der Waals surface area contributed by atoms with Crippen molar-refractivity contribution in [2.75, 3.05) is 33.2 Å². The van der Waals surface area contributed by atoms with Crippen molar-refractivity contribution in [3.05, 3.63) is 0 Å². The number of likely N-dealkylation sites (N-methyl/N-ethyl adjacent to an activating group) is 1. The minimum absolute atomic E-state index is 0.379. The van der Waals surface area contributed by atoms with Gasteiger partial charge in [-0.25, -0.2) is 0 Å². The van der Waals surface area contributed by atoms with Gasteiger partial charge in [-0.3, -0.25) is 4.90 Å². The number of nitrogens with one attached hydrogen (secondary N) is 1. The molecule has 0 aromatic carbocycles. The summed E-state index contributed by atoms with van der Waals surface area (Å²) in [5.41, 5.74) is 0. The van der Waals surface area contributed by atoms with Crippen molar-refractivity contribution in [1.82, 2.24) is 15.1 Å². The summed E-state index contributed by atoms with van der Waals surface area (Å²) >= 11 is 0. The Bertz CT molecular complexity index is 287. The Morgan fingerprint density at radius 1 is 1.10 bits per heavy atom. The Kier molecular flexibility index (Phi) is 5.84. The average Bonchev–Trinajstić information content (AvgIpc) is 2.34. The highest BCUT2D eigenvalue weighted by atomic mass is 16.5. The van der Waals surface area contributed by atoms with Crippen LogP contribution >= 0.6 is 0 Å². The molecule has 0 aromatic rings. The van der Waals surface area contributed by atoms with Crippen molar-refractivity contribution in [3.63, 3.8) is 0 Å². The highest BCUT2D eigenvalue weighted by Crippen LogP contribution is 2.17. The summed E-state index contributed by atoms with van der Waals surface area (Å²) in [6.45, 7) is 13.6.